The fourth-order valence-electron chi connectivity index (χ4n) is 1.99. The van der Waals surface area contributed by atoms with Gasteiger partial charge in [-0.2, -0.15) is 0 Å². The molecule has 0 amide bonds. The van der Waals surface area contributed by atoms with Crippen molar-refractivity contribution in [2.45, 2.75) is 26.2 Å². The number of nitrogens with one attached hydrogen (secondary N) is 3. The third-order valence-corrected chi connectivity index (χ3v) is 4.61. The quantitative estimate of drug-likeness (QED) is 0.325. The van der Waals surface area contributed by atoms with Gasteiger partial charge >= 0.3 is 0 Å². The van der Waals surface area contributed by atoms with Gasteiger partial charge in [0.05, 0.1) is 20.8 Å². The summed E-state index contributed by atoms with van der Waals surface area (Å²) in [5.74, 6) is 0.0915. The Balaban J connectivity index is 2.07. The van der Waals surface area contributed by atoms with E-state index in [-0.39, 0.29) is 21.4 Å². The fraction of sp³-hybridized carbons (Fsp3) is 0.235. The van der Waals surface area contributed by atoms with Crippen molar-refractivity contribution in [1.29, 1.82) is 5.41 Å². The average Bonchev–Trinajstić information content (AvgIpc) is 2.47. The average molecular weight is 371 g/mol. The monoisotopic (exact) mass is 369 g/mol. The minimum absolute atomic E-state index is 0.0915. The van der Waals surface area contributed by atoms with E-state index < -0.39 is 0 Å². The van der Waals surface area contributed by atoms with Gasteiger partial charge in [-0.25, -0.2) is 0 Å². The lowest BCUT2D eigenvalue weighted by molar-refractivity contribution is 0.590. The van der Waals surface area contributed by atoms with E-state index in [9.17, 15) is 0 Å². The van der Waals surface area contributed by atoms with E-state index in [2.05, 4.69) is 31.4 Å². The summed E-state index contributed by atoms with van der Waals surface area (Å²) in [4.78, 5) is 0. The van der Waals surface area contributed by atoms with Crippen LogP contribution in [0.1, 0.15) is 26.3 Å². The first-order valence-corrected chi connectivity index (χ1v) is 8.18. The number of halogens is 3. The van der Waals surface area contributed by atoms with E-state index in [1.54, 1.807) is 12.1 Å². The molecule has 0 bridgehead atoms. The van der Waals surface area contributed by atoms with Crippen LogP contribution >= 0.6 is 34.8 Å². The van der Waals surface area contributed by atoms with Crippen LogP contribution in [0.25, 0.3) is 0 Å². The summed E-state index contributed by atoms with van der Waals surface area (Å²) in [5, 5.41) is 14.8. The predicted octanol–water partition coefficient (Wildman–Crippen LogP) is 6.40. The maximum absolute atomic E-state index is 8.00. The number of guanidine groups is 1. The number of hydrogen-bond acceptors (Lipinski definition) is 1. The lowest BCUT2D eigenvalue weighted by atomic mass is 9.87. The summed E-state index contributed by atoms with van der Waals surface area (Å²) in [5.41, 5.74) is 2.66. The number of anilines is 2. The van der Waals surface area contributed by atoms with Crippen molar-refractivity contribution >= 4 is 52.1 Å². The molecule has 0 atom stereocenters. The lowest BCUT2D eigenvalue weighted by Gasteiger charge is -2.19. The third kappa shape index (κ3) is 4.54. The van der Waals surface area contributed by atoms with Crippen LogP contribution < -0.4 is 10.6 Å². The second-order valence-corrected chi connectivity index (χ2v) is 7.34. The fourth-order valence-corrected chi connectivity index (χ4v) is 2.57. The van der Waals surface area contributed by atoms with E-state index in [1.807, 2.05) is 24.3 Å². The molecule has 0 aliphatic heterocycles. The van der Waals surface area contributed by atoms with Crippen molar-refractivity contribution in [2.24, 2.45) is 0 Å². The third-order valence-electron chi connectivity index (χ3n) is 3.32. The number of hydrogen-bond donors (Lipinski definition) is 3. The molecule has 0 aromatic heterocycles. The van der Waals surface area contributed by atoms with Crippen molar-refractivity contribution in [3.63, 3.8) is 0 Å². The Morgan fingerprint density at radius 1 is 0.870 bits per heavy atom. The van der Waals surface area contributed by atoms with Gasteiger partial charge in [-0.1, -0.05) is 67.7 Å². The van der Waals surface area contributed by atoms with Gasteiger partial charge in [-0.3, -0.25) is 5.41 Å². The van der Waals surface area contributed by atoms with Gasteiger partial charge in [0, 0.05) is 5.69 Å². The lowest BCUT2D eigenvalue weighted by Crippen LogP contribution is -2.21. The minimum atomic E-state index is 0.0915. The van der Waals surface area contributed by atoms with Crippen molar-refractivity contribution in [3.8, 4) is 0 Å². The molecule has 2 aromatic carbocycles. The maximum Gasteiger partial charge on any atom is 0.197 e. The first-order chi connectivity index (χ1) is 10.7. The highest BCUT2D eigenvalue weighted by Crippen LogP contribution is 2.35. The van der Waals surface area contributed by atoms with Crippen LogP contribution in [0.5, 0.6) is 0 Å². The molecule has 6 heteroatoms. The summed E-state index contributed by atoms with van der Waals surface area (Å²) in [6.07, 6.45) is 0. The Hall–Kier alpha value is -1.42. The Morgan fingerprint density at radius 2 is 1.48 bits per heavy atom. The zero-order chi connectivity index (χ0) is 17.2. The number of rotatable bonds is 2. The number of benzene rings is 2. The molecule has 0 saturated heterocycles. The highest BCUT2D eigenvalue weighted by atomic mass is 35.5. The molecule has 3 N–H and O–H groups in total. The minimum Gasteiger partial charge on any atom is -0.326 e. The van der Waals surface area contributed by atoms with E-state index in [1.165, 1.54) is 5.56 Å². The van der Waals surface area contributed by atoms with Crippen molar-refractivity contribution < 1.29 is 0 Å². The Kier molecular flexibility index (Phi) is 5.45. The van der Waals surface area contributed by atoms with Crippen molar-refractivity contribution in [3.05, 3.63) is 57.0 Å². The summed E-state index contributed by atoms with van der Waals surface area (Å²) in [7, 11) is 0. The zero-order valence-electron chi connectivity index (χ0n) is 13.1. The highest BCUT2D eigenvalue weighted by Gasteiger charge is 2.13. The summed E-state index contributed by atoms with van der Waals surface area (Å²) < 4.78 is 0. The van der Waals surface area contributed by atoms with Gasteiger partial charge in [-0.05, 0) is 35.2 Å². The highest BCUT2D eigenvalue weighted by molar-refractivity contribution is 6.49. The van der Waals surface area contributed by atoms with E-state index in [0.29, 0.717) is 10.7 Å². The first kappa shape index (κ1) is 17.9. The van der Waals surface area contributed by atoms with Crippen molar-refractivity contribution in [1.82, 2.24) is 0 Å². The Labute approximate surface area is 151 Å². The van der Waals surface area contributed by atoms with Gasteiger partial charge in [-0.15, -0.1) is 0 Å². The molecule has 0 saturated carbocycles. The molecule has 0 unspecified atom stereocenters. The second-order valence-electron chi connectivity index (χ2n) is 6.18. The van der Waals surface area contributed by atoms with Gasteiger partial charge in [0.1, 0.15) is 0 Å². The Morgan fingerprint density at radius 3 is 2.04 bits per heavy atom. The van der Waals surface area contributed by atoms with Gasteiger partial charge in [0.2, 0.25) is 0 Å². The van der Waals surface area contributed by atoms with Crippen LogP contribution in [-0.4, -0.2) is 5.96 Å². The zero-order valence-corrected chi connectivity index (χ0v) is 15.4. The molecule has 122 valence electrons. The van der Waals surface area contributed by atoms with E-state index in [4.69, 9.17) is 40.2 Å². The van der Waals surface area contributed by atoms with Crippen LogP contribution in [0.4, 0.5) is 11.4 Å². The van der Waals surface area contributed by atoms with Crippen LogP contribution in [-0.2, 0) is 5.41 Å². The second kappa shape index (κ2) is 7.00. The van der Waals surface area contributed by atoms with Crippen LogP contribution in [0.3, 0.4) is 0 Å². The van der Waals surface area contributed by atoms with Crippen LogP contribution in [0.15, 0.2) is 36.4 Å². The molecule has 0 spiro atoms. The van der Waals surface area contributed by atoms with Crippen LogP contribution in [0.2, 0.25) is 15.1 Å². The predicted molar refractivity (Wildman–Crippen MR) is 102 cm³/mol. The molecular formula is C17H18Cl3N3. The molecule has 2 aromatic rings. The smallest absolute Gasteiger partial charge is 0.197 e. The molecule has 0 radical (unpaired) electrons. The first-order valence-electron chi connectivity index (χ1n) is 7.05. The normalized spacial score (nSPS) is 11.2. The molecule has 2 rings (SSSR count). The van der Waals surface area contributed by atoms with E-state index >= 15 is 0 Å². The maximum atomic E-state index is 8.00. The summed E-state index contributed by atoms with van der Waals surface area (Å²) in [6.45, 7) is 6.47. The molecule has 3 nitrogen and oxygen atoms in total. The topological polar surface area (TPSA) is 47.9 Å². The molecule has 0 fully saturated rings. The van der Waals surface area contributed by atoms with Gasteiger partial charge in [0.15, 0.2) is 5.96 Å². The van der Waals surface area contributed by atoms with Gasteiger partial charge in [0.25, 0.3) is 0 Å². The van der Waals surface area contributed by atoms with Crippen LogP contribution in [0, 0.1) is 5.41 Å². The SMILES string of the molecule is CC(C)(C)c1ccc(NC(=N)Nc2ccc(Cl)c(Cl)c2Cl)cc1. The standard InChI is InChI=1S/C17H18Cl3N3/c1-17(2,3)10-4-6-11(7-5-10)22-16(21)23-13-9-8-12(18)14(19)15(13)20/h4-9H,1-3H3,(H3,21,22,23). The van der Waals surface area contributed by atoms with Gasteiger partial charge < -0.3 is 10.6 Å². The van der Waals surface area contributed by atoms with E-state index in [0.717, 1.165) is 5.69 Å². The largest absolute Gasteiger partial charge is 0.326 e. The molecule has 0 aliphatic carbocycles. The molecule has 23 heavy (non-hydrogen) atoms. The summed E-state index contributed by atoms with van der Waals surface area (Å²) in [6, 6.07) is 11.3. The molecule has 0 aliphatic rings. The molecular weight excluding hydrogens is 353 g/mol. The van der Waals surface area contributed by atoms with Crippen molar-refractivity contribution in [2.75, 3.05) is 10.6 Å². The summed E-state index contributed by atoms with van der Waals surface area (Å²) >= 11 is 18.0. The molecule has 0 heterocycles. The Bertz CT molecular complexity index is 719.